The van der Waals surface area contributed by atoms with E-state index in [2.05, 4.69) is 59.6 Å². The van der Waals surface area contributed by atoms with Gasteiger partial charge in [-0.25, -0.2) is 19.2 Å². The first kappa shape index (κ1) is 19.8. The molecule has 4 rings (SSSR count). The smallest absolute Gasteiger partial charge is 0.307 e. The Morgan fingerprint density at radius 2 is 1.72 bits per heavy atom. The summed E-state index contributed by atoms with van der Waals surface area (Å²) in [4.78, 5) is 21.1. The summed E-state index contributed by atoms with van der Waals surface area (Å²) in [5.41, 5.74) is 3.96. The number of amides is 1. The van der Waals surface area contributed by atoms with Gasteiger partial charge in [-0.3, -0.25) is 0 Å². The van der Waals surface area contributed by atoms with Gasteiger partial charge in [-0.05, 0) is 57.4 Å². The zero-order valence-corrected chi connectivity index (χ0v) is 17.7. The molecule has 1 unspecified atom stereocenters. The van der Waals surface area contributed by atoms with E-state index in [-0.39, 0.29) is 5.54 Å². The fourth-order valence-electron chi connectivity index (χ4n) is 4.98. The van der Waals surface area contributed by atoms with Crippen LogP contribution in [0, 0.1) is 0 Å². The summed E-state index contributed by atoms with van der Waals surface area (Å²) >= 11 is 0. The van der Waals surface area contributed by atoms with Crippen LogP contribution in [0.3, 0.4) is 0 Å². The number of imidazole rings is 1. The van der Waals surface area contributed by atoms with Crippen molar-refractivity contribution in [2.45, 2.75) is 71.0 Å². The lowest BCUT2D eigenvalue weighted by Crippen LogP contribution is -2.66. The van der Waals surface area contributed by atoms with Crippen LogP contribution in [0.1, 0.15) is 58.4 Å². The Balaban J connectivity index is 1.63. The summed E-state index contributed by atoms with van der Waals surface area (Å²) in [6.45, 7) is 7.34. The summed E-state index contributed by atoms with van der Waals surface area (Å²) in [7, 11) is 0. The van der Waals surface area contributed by atoms with E-state index in [9.17, 15) is 4.79 Å². The SMILES string of the molecule is CC(C)(C)[N+](C=O)(c1ccc(Cn2ccc3ncnc-3c2)cc1)C1CCCCC1. The van der Waals surface area contributed by atoms with E-state index in [0.29, 0.717) is 10.5 Å². The summed E-state index contributed by atoms with van der Waals surface area (Å²) in [6, 6.07) is 11.0. The molecule has 0 saturated heterocycles. The van der Waals surface area contributed by atoms with E-state index in [1.54, 1.807) is 6.33 Å². The predicted molar refractivity (Wildman–Crippen MR) is 117 cm³/mol. The molecule has 0 N–H and O–H groups in total. The Labute approximate surface area is 173 Å². The number of hydrogen-bond donors (Lipinski definition) is 0. The number of aromatic nitrogens is 3. The Bertz CT molecular complexity index is 934. The lowest BCUT2D eigenvalue weighted by molar-refractivity contribution is -0.125. The Morgan fingerprint density at radius 3 is 2.38 bits per heavy atom. The molecule has 2 aliphatic heterocycles. The van der Waals surface area contributed by atoms with Gasteiger partial charge in [0.25, 0.3) is 0 Å². The van der Waals surface area contributed by atoms with Gasteiger partial charge < -0.3 is 4.57 Å². The zero-order chi connectivity index (χ0) is 20.5. The highest BCUT2D eigenvalue weighted by Gasteiger charge is 2.49. The number of fused-ring (bicyclic) bond motifs is 1. The van der Waals surface area contributed by atoms with Crippen LogP contribution in [0.4, 0.5) is 5.69 Å². The van der Waals surface area contributed by atoms with E-state index in [1.807, 2.05) is 18.5 Å². The third-order valence-corrected chi connectivity index (χ3v) is 6.52. The molecule has 5 heteroatoms. The van der Waals surface area contributed by atoms with Gasteiger partial charge in [-0.2, -0.15) is 0 Å². The number of rotatable bonds is 5. The minimum absolute atomic E-state index is 0.179. The molecular formula is C24H31N4O+. The molecule has 0 radical (unpaired) electrons. The lowest BCUT2D eigenvalue weighted by Gasteiger charge is -2.49. The van der Waals surface area contributed by atoms with Gasteiger partial charge in [0.1, 0.15) is 29.3 Å². The van der Waals surface area contributed by atoms with E-state index >= 15 is 0 Å². The van der Waals surface area contributed by atoms with E-state index in [1.165, 1.54) is 31.2 Å². The molecule has 2 heterocycles. The second kappa shape index (κ2) is 7.71. The Morgan fingerprint density at radius 1 is 1.03 bits per heavy atom. The molecule has 152 valence electrons. The molecule has 1 aromatic rings. The second-order valence-corrected chi connectivity index (χ2v) is 9.27. The normalized spacial score (nSPS) is 17.9. The third-order valence-electron chi connectivity index (χ3n) is 6.52. The number of pyridine rings is 1. The van der Waals surface area contributed by atoms with Crippen LogP contribution in [0.25, 0.3) is 11.4 Å². The molecule has 5 nitrogen and oxygen atoms in total. The molecule has 1 saturated carbocycles. The fourth-order valence-corrected chi connectivity index (χ4v) is 4.98. The molecule has 29 heavy (non-hydrogen) atoms. The molecule has 0 spiro atoms. The van der Waals surface area contributed by atoms with Crippen molar-refractivity contribution in [3.8, 4) is 11.4 Å². The maximum Gasteiger partial charge on any atom is 0.307 e. The van der Waals surface area contributed by atoms with Crippen LogP contribution in [0.5, 0.6) is 0 Å². The topological polar surface area (TPSA) is 47.8 Å². The van der Waals surface area contributed by atoms with Gasteiger partial charge in [-0.15, -0.1) is 0 Å². The van der Waals surface area contributed by atoms with E-state index < -0.39 is 0 Å². The standard InChI is InChI=1S/C24H31N4O/c1-24(2,3)28(18-29,20-7-5-4-6-8-20)21-11-9-19(10-12-21)15-27-14-13-22-23(16-27)26-17-25-22/h9-14,16-18,20H,4-8,15H2,1-3H3/q+1. The quantitative estimate of drug-likeness (QED) is 0.453. The monoisotopic (exact) mass is 391 g/mol. The fraction of sp³-hybridized carbons (Fsp3) is 0.458. The van der Waals surface area contributed by atoms with Crippen molar-refractivity contribution in [3.05, 3.63) is 54.6 Å². The zero-order valence-electron chi connectivity index (χ0n) is 17.7. The highest BCUT2D eigenvalue weighted by Crippen LogP contribution is 2.40. The predicted octanol–water partition coefficient (Wildman–Crippen LogP) is 5.03. The summed E-state index contributed by atoms with van der Waals surface area (Å²) < 4.78 is 2.54. The van der Waals surface area contributed by atoms with Gasteiger partial charge >= 0.3 is 6.41 Å². The Hall–Kier alpha value is -2.53. The average Bonchev–Trinajstić information content (AvgIpc) is 3.18. The molecule has 3 aliphatic rings. The molecule has 1 fully saturated rings. The molecule has 1 aromatic carbocycles. The minimum atomic E-state index is -0.179. The number of quaternary nitrogens is 1. The van der Waals surface area contributed by atoms with Crippen LogP contribution in [-0.2, 0) is 11.3 Å². The first-order chi connectivity index (χ1) is 13.9. The number of carbonyl (C=O) groups excluding carboxylic acids is 1. The van der Waals surface area contributed by atoms with Gasteiger partial charge in [0.2, 0.25) is 0 Å². The van der Waals surface area contributed by atoms with Gasteiger partial charge in [0.15, 0.2) is 0 Å². The number of nitrogens with zero attached hydrogens (tertiary/aromatic N) is 4. The number of carbonyl (C=O) groups is 1. The van der Waals surface area contributed by atoms with E-state index in [4.69, 9.17) is 0 Å². The summed E-state index contributed by atoms with van der Waals surface area (Å²) in [5, 5.41) is 0. The van der Waals surface area contributed by atoms with Crippen molar-refractivity contribution < 1.29 is 4.79 Å². The van der Waals surface area contributed by atoms with Crippen molar-refractivity contribution in [2.24, 2.45) is 0 Å². The number of benzene rings is 1. The van der Waals surface area contributed by atoms with Crippen LogP contribution in [0.2, 0.25) is 0 Å². The molecule has 0 aromatic heterocycles. The van der Waals surface area contributed by atoms with Gasteiger partial charge in [-0.1, -0.05) is 18.6 Å². The average molecular weight is 392 g/mol. The highest BCUT2D eigenvalue weighted by atomic mass is 16.1. The summed E-state index contributed by atoms with van der Waals surface area (Å²) in [6.07, 6.45) is 12.8. The van der Waals surface area contributed by atoms with Gasteiger partial charge in [0.05, 0.1) is 5.69 Å². The molecular weight excluding hydrogens is 360 g/mol. The number of hydrogen-bond acceptors (Lipinski definition) is 3. The lowest BCUT2D eigenvalue weighted by atomic mass is 9.87. The second-order valence-electron chi connectivity index (χ2n) is 9.27. The van der Waals surface area contributed by atoms with Crippen molar-refractivity contribution in [2.75, 3.05) is 0 Å². The molecule has 1 atom stereocenters. The largest absolute Gasteiger partial charge is 0.348 e. The van der Waals surface area contributed by atoms with Gasteiger partial charge in [0, 0.05) is 31.8 Å². The first-order valence-corrected chi connectivity index (χ1v) is 10.6. The van der Waals surface area contributed by atoms with Crippen LogP contribution in [-0.4, -0.2) is 32.5 Å². The maximum atomic E-state index is 12.6. The van der Waals surface area contributed by atoms with Crippen molar-refractivity contribution >= 4 is 12.1 Å². The van der Waals surface area contributed by atoms with Crippen molar-refractivity contribution in [1.29, 1.82) is 0 Å². The molecule has 1 aliphatic carbocycles. The van der Waals surface area contributed by atoms with Crippen LogP contribution < -0.4 is 4.48 Å². The highest BCUT2D eigenvalue weighted by molar-refractivity contribution is 5.72. The van der Waals surface area contributed by atoms with Crippen LogP contribution in [0.15, 0.2) is 49.1 Å². The Kier molecular flexibility index (Phi) is 5.26. The molecule has 1 amide bonds. The minimum Gasteiger partial charge on any atom is -0.348 e. The van der Waals surface area contributed by atoms with Crippen molar-refractivity contribution in [3.63, 3.8) is 0 Å². The van der Waals surface area contributed by atoms with Crippen LogP contribution >= 0.6 is 0 Å². The van der Waals surface area contributed by atoms with Crippen molar-refractivity contribution in [1.82, 2.24) is 19.0 Å². The maximum absolute atomic E-state index is 12.6. The molecule has 0 bridgehead atoms. The third kappa shape index (κ3) is 3.60. The first-order valence-electron chi connectivity index (χ1n) is 10.6. The summed E-state index contributed by atoms with van der Waals surface area (Å²) in [5.74, 6) is 0. The van der Waals surface area contributed by atoms with E-state index in [0.717, 1.165) is 36.5 Å².